The largest absolute Gasteiger partial charge is 0.0622 e. The van der Waals surface area contributed by atoms with Crippen molar-refractivity contribution in [2.24, 2.45) is 0 Å². The summed E-state index contributed by atoms with van der Waals surface area (Å²) in [5.74, 6) is 0. The van der Waals surface area contributed by atoms with Crippen LogP contribution in [-0.2, 0) is 33.0 Å². The van der Waals surface area contributed by atoms with Crippen molar-refractivity contribution in [1.82, 2.24) is 0 Å². The van der Waals surface area contributed by atoms with Crippen LogP contribution in [-0.4, -0.2) is 5.34 Å². The van der Waals surface area contributed by atoms with E-state index in [4.69, 9.17) is 42.3 Å². The van der Waals surface area contributed by atoms with Crippen molar-refractivity contribution in [3.05, 3.63) is 133 Å². The summed E-state index contributed by atoms with van der Waals surface area (Å²) in [7, 11) is 9.16. The minimum absolute atomic E-state index is 0. The molecule has 0 saturated heterocycles. The number of alkyl halides is 2. The molecule has 0 aliphatic heterocycles. The first-order chi connectivity index (χ1) is 20.7. The van der Waals surface area contributed by atoms with Crippen LogP contribution in [0, 0.1) is 11.3 Å². The van der Waals surface area contributed by atoms with Gasteiger partial charge in [-0.3, -0.25) is 0 Å². The molecule has 0 amide bonds. The zero-order chi connectivity index (χ0) is 29.8. The molecule has 43 heavy (non-hydrogen) atoms. The first kappa shape index (κ1) is 39.3. The predicted molar refractivity (Wildman–Crippen MR) is 190 cm³/mol. The van der Waals surface area contributed by atoms with Gasteiger partial charge < -0.3 is 0 Å². The van der Waals surface area contributed by atoms with Crippen LogP contribution in [0.15, 0.2) is 121 Å². The van der Waals surface area contributed by atoms with E-state index in [0.29, 0.717) is 0 Å². The summed E-state index contributed by atoms with van der Waals surface area (Å²) >= 11 is 9.42. The van der Waals surface area contributed by atoms with Gasteiger partial charge in [-0.1, -0.05) is 147 Å². The quantitative estimate of drug-likeness (QED) is 0.103. The minimum atomic E-state index is -0.235. The molecule has 0 unspecified atom stereocenters. The second kappa shape index (κ2) is 24.3. The Kier molecular flexibility index (Phi) is 22.2. The van der Waals surface area contributed by atoms with E-state index in [1.165, 1.54) is 72.6 Å². The third kappa shape index (κ3) is 13.8. The topological polar surface area (TPSA) is 0 Å². The Balaban J connectivity index is 0.000000249. The van der Waals surface area contributed by atoms with E-state index >= 15 is 0 Å². The Morgan fingerprint density at radius 3 is 0.814 bits per heavy atom. The van der Waals surface area contributed by atoms with E-state index in [-0.39, 0.29) is 54.2 Å². The van der Waals surface area contributed by atoms with Crippen LogP contribution in [0.3, 0.4) is 0 Å². The molecular formula is C35H38Cl4FeP2Pd. The van der Waals surface area contributed by atoms with Crippen molar-refractivity contribution in [3.63, 3.8) is 0 Å². The fraction of sp³-hybridized carbons (Fsp3) is 0.257. The van der Waals surface area contributed by atoms with Gasteiger partial charge >= 0.3 is 35.0 Å². The molecule has 2 aliphatic carbocycles. The van der Waals surface area contributed by atoms with Gasteiger partial charge in [-0.2, -0.15) is 0 Å². The Morgan fingerprint density at radius 1 is 0.442 bits per heavy atom. The smallest absolute Gasteiger partial charge is 0.00872 e. The van der Waals surface area contributed by atoms with Gasteiger partial charge in [0.25, 0.3) is 0 Å². The summed E-state index contributed by atoms with van der Waals surface area (Å²) < 4.78 is 0. The molecule has 2 saturated carbocycles. The molecule has 2 fully saturated rings. The normalized spacial score (nSPS) is 14.6. The Labute approximate surface area is 299 Å². The van der Waals surface area contributed by atoms with Crippen LogP contribution < -0.4 is 21.2 Å². The standard InChI is InChI=1S/2C17H18P.CH2Cl2.2ClH.Fe.Pd/c2*1-3-9-15(10-4-1)18(17-13-7-8-14-17)16-11-5-2-6-12-16;2-1-3;;;;/h2*1-6,9-12H,7-8,13-14H2;1H2;2*1H;;/q;;;;;;+2/p-2. The van der Waals surface area contributed by atoms with Gasteiger partial charge in [0, 0.05) is 28.4 Å². The number of rotatable bonds is 6. The Morgan fingerprint density at radius 2 is 0.628 bits per heavy atom. The van der Waals surface area contributed by atoms with Crippen molar-refractivity contribution in [3.8, 4) is 0 Å². The maximum absolute atomic E-state index is 4.81. The molecule has 2 radical (unpaired) electrons. The summed E-state index contributed by atoms with van der Waals surface area (Å²) in [6, 6.07) is 44.2. The molecule has 6 rings (SSSR count). The molecule has 0 atom stereocenters. The molecule has 4 aromatic rings. The first-order valence-corrected chi connectivity index (χ1v) is 21.9. The molecule has 0 spiro atoms. The monoisotopic (exact) mass is 822 g/mol. The number of halogens is 4. The van der Waals surface area contributed by atoms with Gasteiger partial charge in [-0.25, -0.2) is 0 Å². The third-order valence-corrected chi connectivity index (χ3v) is 12.5. The van der Waals surface area contributed by atoms with Gasteiger partial charge in [0.05, 0.1) is 5.34 Å². The summed E-state index contributed by atoms with van der Waals surface area (Å²) in [5.41, 5.74) is 3.56. The summed E-state index contributed by atoms with van der Waals surface area (Å²) in [4.78, 5) is 0. The van der Waals surface area contributed by atoms with Gasteiger partial charge in [-0.15, -0.1) is 23.2 Å². The molecular weight excluding hydrogens is 786 g/mol. The van der Waals surface area contributed by atoms with Crippen molar-refractivity contribution in [2.45, 2.75) is 51.4 Å². The zero-order valence-electron chi connectivity index (χ0n) is 24.0. The van der Waals surface area contributed by atoms with Crippen LogP contribution in [0.25, 0.3) is 0 Å². The van der Waals surface area contributed by atoms with Gasteiger partial charge in [0.2, 0.25) is 0 Å². The average Bonchev–Trinajstić information content (AvgIpc) is 3.77. The summed E-state index contributed by atoms with van der Waals surface area (Å²) in [5, 5.41) is 6.23. The van der Waals surface area contributed by atoms with Crippen molar-refractivity contribution < 1.29 is 33.0 Å². The van der Waals surface area contributed by atoms with Crippen molar-refractivity contribution in [1.29, 1.82) is 0 Å². The maximum atomic E-state index is 4.81. The molecule has 0 bridgehead atoms. The second-order valence-corrected chi connectivity index (χ2v) is 17.5. The fourth-order valence-corrected chi connectivity index (χ4v) is 10.8. The third-order valence-electron chi connectivity index (χ3n) is 7.05. The van der Waals surface area contributed by atoms with Crippen LogP contribution in [0.5, 0.6) is 0 Å². The second-order valence-electron chi connectivity index (χ2n) is 9.71. The van der Waals surface area contributed by atoms with Crippen LogP contribution >= 0.6 is 58.1 Å². The average molecular weight is 825 g/mol. The molecule has 2 aliphatic rings. The Bertz CT molecular complexity index is 1020. The zero-order valence-corrected chi connectivity index (χ0v) is 31.5. The minimum Gasteiger partial charge on any atom is -0.0622 e. The van der Waals surface area contributed by atoms with E-state index < -0.39 is 0 Å². The van der Waals surface area contributed by atoms with Crippen LogP contribution in [0.1, 0.15) is 51.4 Å². The van der Waals surface area contributed by atoms with Gasteiger partial charge in [0.1, 0.15) is 0 Å². The molecule has 8 heteroatoms. The molecule has 0 N–H and O–H groups in total. The van der Waals surface area contributed by atoms with E-state index in [9.17, 15) is 0 Å². The molecule has 0 aromatic heterocycles. The Hall–Kier alpha value is 0.0818. The van der Waals surface area contributed by atoms with E-state index in [2.05, 4.69) is 121 Å². The molecule has 234 valence electrons. The summed E-state index contributed by atoms with van der Waals surface area (Å²) in [6.07, 6.45) is 10.8. The molecule has 0 heterocycles. The number of hydrogen-bond acceptors (Lipinski definition) is 0. The predicted octanol–water partition coefficient (Wildman–Crippen LogP) is 11.2. The van der Waals surface area contributed by atoms with Crippen LogP contribution in [0.2, 0.25) is 0 Å². The summed E-state index contributed by atoms with van der Waals surface area (Å²) in [6.45, 7) is 0. The maximum Gasteiger partial charge on any atom is 0.00872 e. The number of benzene rings is 4. The van der Waals surface area contributed by atoms with Crippen LogP contribution in [0.4, 0.5) is 0 Å². The molecule has 4 aromatic carbocycles. The van der Waals surface area contributed by atoms with Gasteiger partial charge in [-0.05, 0) is 62.7 Å². The van der Waals surface area contributed by atoms with Crippen molar-refractivity contribution >= 4 is 79.3 Å². The SMILES string of the molecule is ClCCl.[Cl][Pd][Cl].[Fe].c1ccc(P([C]2CCCC2)c2ccccc2)cc1.c1ccc(P([C]2CCCC2)c2ccccc2)cc1. The van der Waals surface area contributed by atoms with E-state index in [1.54, 1.807) is 11.3 Å². The van der Waals surface area contributed by atoms with E-state index in [0.717, 1.165) is 0 Å². The van der Waals surface area contributed by atoms with Gasteiger partial charge in [0.15, 0.2) is 0 Å². The van der Waals surface area contributed by atoms with E-state index in [1.807, 2.05) is 0 Å². The molecule has 0 nitrogen and oxygen atoms in total. The van der Waals surface area contributed by atoms with Crippen molar-refractivity contribution in [2.75, 3.05) is 5.34 Å². The number of hydrogen-bond donors (Lipinski definition) is 0. The fourth-order valence-electron chi connectivity index (χ4n) is 5.35. The first-order valence-electron chi connectivity index (χ1n) is 14.2.